The number of hydrogen-bond donors (Lipinski definition) is 0. The third-order valence-electron chi connectivity index (χ3n) is 6.44. The van der Waals surface area contributed by atoms with Crippen molar-refractivity contribution in [1.29, 1.82) is 0 Å². The summed E-state index contributed by atoms with van der Waals surface area (Å²) in [7, 11) is -2.29. The van der Waals surface area contributed by atoms with E-state index in [-0.39, 0.29) is 22.3 Å². The molecule has 7 nitrogen and oxygen atoms in total. The normalized spacial score (nSPS) is 11.6. The van der Waals surface area contributed by atoms with Gasteiger partial charge < -0.3 is 9.30 Å². The third-order valence-corrected chi connectivity index (χ3v) is 9.89. The zero-order chi connectivity index (χ0) is 28.9. The van der Waals surface area contributed by atoms with E-state index in [9.17, 15) is 18.0 Å². The first-order valence-corrected chi connectivity index (χ1v) is 15.7. The van der Waals surface area contributed by atoms with E-state index in [0.717, 1.165) is 34.3 Å². The third kappa shape index (κ3) is 6.59. The van der Waals surface area contributed by atoms with Crippen LogP contribution in [0.1, 0.15) is 54.5 Å². The first-order valence-electron chi connectivity index (χ1n) is 13.3. The first kappa shape index (κ1) is 29.4. The number of carbonyl (C=O) groups is 2. The molecule has 4 aromatic rings. The van der Waals surface area contributed by atoms with Crippen LogP contribution in [0.4, 0.5) is 0 Å². The maximum atomic E-state index is 13.3. The molecule has 0 radical (unpaired) electrons. The number of thiophene rings is 1. The number of rotatable bonds is 13. The van der Waals surface area contributed by atoms with Crippen molar-refractivity contribution in [1.82, 2.24) is 9.55 Å². The van der Waals surface area contributed by atoms with Crippen LogP contribution >= 0.6 is 11.3 Å². The highest BCUT2D eigenvalue weighted by molar-refractivity contribution is 7.94. The number of ketones is 1. The van der Waals surface area contributed by atoms with Crippen molar-refractivity contribution in [3.05, 3.63) is 76.8 Å². The van der Waals surface area contributed by atoms with Gasteiger partial charge in [-0.3, -0.25) is 9.59 Å². The SMILES string of the molecule is CCCC(=O)CS(=O)(=O)c1sc(CC(C)C)cc1-c1ccc(Cn2c(-c3ccccc3)nc(OC)c2C=O)cc1. The summed E-state index contributed by atoms with van der Waals surface area (Å²) >= 11 is 1.26. The van der Waals surface area contributed by atoms with Gasteiger partial charge in [0.05, 0.1) is 7.11 Å². The summed E-state index contributed by atoms with van der Waals surface area (Å²) in [5.74, 6) is 0.494. The number of nitrogens with zero attached hydrogens (tertiary/aromatic N) is 2. The van der Waals surface area contributed by atoms with Crippen LogP contribution in [0.2, 0.25) is 0 Å². The molecule has 0 unspecified atom stereocenters. The molecule has 0 amide bonds. The van der Waals surface area contributed by atoms with Crippen LogP contribution in [0, 0.1) is 5.92 Å². The van der Waals surface area contributed by atoms with E-state index < -0.39 is 15.6 Å². The number of benzene rings is 2. The second-order valence-corrected chi connectivity index (χ2v) is 13.5. The Morgan fingerprint density at radius 2 is 1.77 bits per heavy atom. The minimum atomic E-state index is -3.78. The van der Waals surface area contributed by atoms with E-state index in [4.69, 9.17) is 4.74 Å². The van der Waals surface area contributed by atoms with Crippen molar-refractivity contribution in [3.8, 4) is 28.4 Å². The van der Waals surface area contributed by atoms with Crippen LogP contribution in [0.25, 0.3) is 22.5 Å². The molecule has 0 aliphatic rings. The maximum Gasteiger partial charge on any atom is 0.243 e. The Bertz CT molecular complexity index is 1580. The average Bonchev–Trinajstić information content (AvgIpc) is 3.51. The largest absolute Gasteiger partial charge is 0.479 e. The Kier molecular flexibility index (Phi) is 9.37. The van der Waals surface area contributed by atoms with Gasteiger partial charge >= 0.3 is 0 Å². The monoisotopic (exact) mass is 578 g/mol. The number of aldehydes is 1. The quantitative estimate of drug-likeness (QED) is 0.168. The second kappa shape index (κ2) is 12.7. The number of carbonyl (C=O) groups excluding carboxylic acids is 2. The molecule has 0 bridgehead atoms. The lowest BCUT2D eigenvalue weighted by Gasteiger charge is -2.11. The summed E-state index contributed by atoms with van der Waals surface area (Å²) in [6, 6.07) is 19.1. The summed E-state index contributed by atoms with van der Waals surface area (Å²) in [5, 5.41) is 0. The molecule has 0 aliphatic heterocycles. The Labute approximate surface area is 239 Å². The van der Waals surface area contributed by atoms with Crippen LogP contribution in [0.5, 0.6) is 5.88 Å². The van der Waals surface area contributed by atoms with Gasteiger partial charge in [0.25, 0.3) is 0 Å². The zero-order valence-corrected chi connectivity index (χ0v) is 24.8. The smallest absolute Gasteiger partial charge is 0.243 e. The standard InChI is InChI=1S/C31H34N2O5S2/c1-5-9-25(35)20-40(36,37)31-27(17-26(39-31)16-21(2)3)23-14-12-22(13-15-23)18-33-28(19-34)30(38-4)32-29(33)24-10-7-6-8-11-24/h6-8,10-15,17,19,21H,5,9,16,18,20H2,1-4H3. The minimum Gasteiger partial charge on any atom is -0.479 e. The highest BCUT2D eigenvalue weighted by atomic mass is 32.2. The number of ether oxygens (including phenoxy) is 1. The summed E-state index contributed by atoms with van der Waals surface area (Å²) < 4.78 is 34.1. The molecule has 0 aliphatic carbocycles. The highest BCUT2D eigenvalue weighted by Crippen LogP contribution is 2.37. The molecule has 0 N–H and O–H groups in total. The van der Waals surface area contributed by atoms with Crippen molar-refractivity contribution < 1.29 is 22.7 Å². The number of aromatic nitrogens is 2. The molecule has 2 heterocycles. The first-order chi connectivity index (χ1) is 19.2. The summed E-state index contributed by atoms with van der Waals surface area (Å²) in [6.07, 6.45) is 2.37. The average molecular weight is 579 g/mol. The topological polar surface area (TPSA) is 95.3 Å². The molecule has 210 valence electrons. The molecule has 0 spiro atoms. The molecule has 0 saturated carbocycles. The molecule has 0 atom stereocenters. The van der Waals surface area contributed by atoms with Gasteiger partial charge in [-0.15, -0.1) is 11.3 Å². The Morgan fingerprint density at radius 1 is 1.07 bits per heavy atom. The van der Waals surface area contributed by atoms with Crippen molar-refractivity contribution >= 4 is 33.2 Å². The highest BCUT2D eigenvalue weighted by Gasteiger charge is 2.26. The van der Waals surface area contributed by atoms with E-state index in [1.54, 1.807) is 0 Å². The van der Waals surface area contributed by atoms with Gasteiger partial charge in [-0.25, -0.2) is 8.42 Å². The molecule has 40 heavy (non-hydrogen) atoms. The lowest BCUT2D eigenvalue weighted by molar-refractivity contribution is -0.116. The van der Waals surface area contributed by atoms with Gasteiger partial charge in [0, 0.05) is 29.0 Å². The number of methoxy groups -OCH3 is 1. The maximum absolute atomic E-state index is 13.3. The Hall–Kier alpha value is -3.56. The van der Waals surface area contributed by atoms with Crippen LogP contribution in [0.15, 0.2) is 64.9 Å². The lowest BCUT2D eigenvalue weighted by Crippen LogP contribution is -2.15. The predicted octanol–water partition coefficient (Wildman–Crippen LogP) is 6.49. The fraction of sp³-hybridized carbons (Fsp3) is 0.323. The van der Waals surface area contributed by atoms with Crippen LogP contribution in [-0.4, -0.2) is 42.9 Å². The van der Waals surface area contributed by atoms with E-state index >= 15 is 0 Å². The van der Waals surface area contributed by atoms with Gasteiger partial charge in [0.1, 0.15) is 27.3 Å². The fourth-order valence-electron chi connectivity index (χ4n) is 4.63. The van der Waals surface area contributed by atoms with Crippen molar-refractivity contribution in [2.24, 2.45) is 5.92 Å². The Balaban J connectivity index is 1.70. The lowest BCUT2D eigenvalue weighted by atomic mass is 10.0. The van der Waals surface area contributed by atoms with Crippen LogP contribution in [0.3, 0.4) is 0 Å². The summed E-state index contributed by atoms with van der Waals surface area (Å²) in [5.41, 5.74) is 3.49. The van der Waals surface area contributed by atoms with E-state index in [0.29, 0.717) is 36.0 Å². The molecular weight excluding hydrogens is 544 g/mol. The molecule has 2 aromatic heterocycles. The van der Waals surface area contributed by atoms with Gasteiger partial charge in [-0.2, -0.15) is 4.98 Å². The summed E-state index contributed by atoms with van der Waals surface area (Å²) in [4.78, 5) is 29.8. The molecular formula is C31H34N2O5S2. The van der Waals surface area contributed by atoms with E-state index in [1.165, 1.54) is 18.4 Å². The fourth-order valence-corrected chi connectivity index (χ4v) is 7.97. The number of sulfone groups is 1. The van der Waals surface area contributed by atoms with Gasteiger partial charge in [-0.1, -0.05) is 75.4 Å². The number of Topliss-reactive ketones (excluding diaryl/α,β-unsaturated/α-hetero) is 1. The van der Waals surface area contributed by atoms with E-state index in [2.05, 4.69) is 18.8 Å². The van der Waals surface area contributed by atoms with Gasteiger partial charge in [0.2, 0.25) is 5.88 Å². The minimum absolute atomic E-state index is 0.245. The van der Waals surface area contributed by atoms with Crippen molar-refractivity contribution in [2.75, 3.05) is 12.9 Å². The number of imidazole rings is 1. The van der Waals surface area contributed by atoms with Gasteiger partial charge in [-0.05, 0) is 36.0 Å². The molecule has 2 aromatic carbocycles. The summed E-state index contributed by atoms with van der Waals surface area (Å²) in [6.45, 7) is 6.42. The Morgan fingerprint density at radius 3 is 2.38 bits per heavy atom. The van der Waals surface area contributed by atoms with Crippen LogP contribution in [-0.2, 0) is 27.6 Å². The second-order valence-electron chi connectivity index (χ2n) is 10.2. The zero-order valence-electron chi connectivity index (χ0n) is 23.2. The molecule has 0 fully saturated rings. The van der Waals surface area contributed by atoms with Crippen molar-refractivity contribution in [2.45, 2.75) is 50.8 Å². The predicted molar refractivity (Wildman–Crippen MR) is 159 cm³/mol. The van der Waals surface area contributed by atoms with Gasteiger partial charge in [0.15, 0.2) is 16.1 Å². The molecule has 0 saturated heterocycles. The number of hydrogen-bond acceptors (Lipinski definition) is 7. The van der Waals surface area contributed by atoms with Crippen LogP contribution < -0.4 is 4.74 Å². The molecule has 4 rings (SSSR count). The van der Waals surface area contributed by atoms with E-state index in [1.807, 2.05) is 72.2 Å². The molecule has 9 heteroatoms. The van der Waals surface area contributed by atoms with Crippen molar-refractivity contribution in [3.63, 3.8) is 0 Å².